The van der Waals surface area contributed by atoms with Crippen LogP contribution in [0.5, 0.6) is 0 Å². The minimum atomic E-state index is -0.325. The maximum Gasteiger partial charge on any atom is 0.279 e. The van der Waals surface area contributed by atoms with E-state index in [1.807, 2.05) is 43.3 Å². The van der Waals surface area contributed by atoms with E-state index in [1.54, 1.807) is 11.0 Å². The molecule has 2 heterocycles. The van der Waals surface area contributed by atoms with Crippen molar-refractivity contribution in [3.63, 3.8) is 0 Å². The Morgan fingerprint density at radius 1 is 1.11 bits per heavy atom. The van der Waals surface area contributed by atoms with E-state index >= 15 is 0 Å². The van der Waals surface area contributed by atoms with Gasteiger partial charge in [-0.05, 0) is 37.5 Å². The van der Waals surface area contributed by atoms with E-state index in [4.69, 9.17) is 0 Å². The molecule has 0 radical (unpaired) electrons. The first-order valence-corrected chi connectivity index (χ1v) is 9.83. The van der Waals surface area contributed by atoms with Gasteiger partial charge in [0, 0.05) is 18.0 Å². The van der Waals surface area contributed by atoms with Crippen LogP contribution in [-0.2, 0) is 16.0 Å². The minimum Gasteiger partial charge on any atom is -0.342 e. The van der Waals surface area contributed by atoms with Gasteiger partial charge in [-0.3, -0.25) is 25.2 Å². The molecule has 1 unspecified atom stereocenters. The molecule has 0 spiro atoms. The van der Waals surface area contributed by atoms with Crippen LogP contribution in [0.1, 0.15) is 33.0 Å². The van der Waals surface area contributed by atoms with Crippen molar-refractivity contribution in [2.75, 3.05) is 13.1 Å². The van der Waals surface area contributed by atoms with E-state index < -0.39 is 0 Å². The van der Waals surface area contributed by atoms with Gasteiger partial charge >= 0.3 is 0 Å². The van der Waals surface area contributed by atoms with Gasteiger partial charge in [-0.2, -0.15) is 0 Å². The Bertz CT molecular complexity index is 819. The third-order valence-corrected chi connectivity index (χ3v) is 5.61. The number of carbonyl (C=O) groups is 3. The Labute approximate surface area is 162 Å². The van der Waals surface area contributed by atoms with Crippen molar-refractivity contribution in [2.45, 2.75) is 26.2 Å². The molecule has 1 fully saturated rings. The van der Waals surface area contributed by atoms with Gasteiger partial charge in [0.05, 0.1) is 17.2 Å². The average Bonchev–Trinajstić information content (AvgIpc) is 3.13. The number of aryl methyl sites for hydroxylation is 1. The summed E-state index contributed by atoms with van der Waals surface area (Å²) < 4.78 is 0. The Morgan fingerprint density at radius 3 is 2.59 bits per heavy atom. The van der Waals surface area contributed by atoms with Crippen molar-refractivity contribution in [1.82, 2.24) is 15.8 Å². The van der Waals surface area contributed by atoms with Crippen LogP contribution in [-0.4, -0.2) is 35.7 Å². The SMILES string of the molecule is Cc1ccc(C(=O)NNC(=O)C2CCCN(C(=O)Cc3ccccc3)C2)s1. The standard InChI is InChI=1S/C20H23N3O3S/c1-14-9-10-17(27-14)20(26)22-21-19(25)16-8-5-11-23(13-16)18(24)12-15-6-3-2-4-7-15/h2-4,6-7,9-10,16H,5,8,11-13H2,1H3,(H,21,25)(H,22,26). The number of carbonyl (C=O) groups excluding carboxylic acids is 3. The van der Waals surface area contributed by atoms with E-state index in [0.29, 0.717) is 30.8 Å². The zero-order valence-electron chi connectivity index (χ0n) is 15.2. The predicted molar refractivity (Wildman–Crippen MR) is 104 cm³/mol. The van der Waals surface area contributed by atoms with Crippen LogP contribution in [0.15, 0.2) is 42.5 Å². The summed E-state index contributed by atoms with van der Waals surface area (Å²) in [6.45, 7) is 2.96. The molecule has 0 saturated carbocycles. The number of hydrogen-bond acceptors (Lipinski definition) is 4. The zero-order valence-corrected chi connectivity index (χ0v) is 16.1. The summed E-state index contributed by atoms with van der Waals surface area (Å²) in [6, 6.07) is 13.2. The molecule has 7 heteroatoms. The second kappa shape index (κ2) is 8.81. The van der Waals surface area contributed by atoms with Crippen molar-refractivity contribution in [1.29, 1.82) is 0 Å². The maximum absolute atomic E-state index is 12.5. The van der Waals surface area contributed by atoms with Crippen molar-refractivity contribution in [3.8, 4) is 0 Å². The summed E-state index contributed by atoms with van der Waals surface area (Å²) in [4.78, 5) is 40.3. The van der Waals surface area contributed by atoms with Gasteiger partial charge in [0.25, 0.3) is 5.91 Å². The van der Waals surface area contributed by atoms with Crippen molar-refractivity contribution in [2.24, 2.45) is 5.92 Å². The third kappa shape index (κ3) is 5.17. The molecule has 2 aromatic rings. The fourth-order valence-electron chi connectivity index (χ4n) is 3.14. The predicted octanol–water partition coefficient (Wildman–Crippen LogP) is 2.30. The molecule has 1 saturated heterocycles. The van der Waals surface area contributed by atoms with E-state index in [2.05, 4.69) is 10.9 Å². The number of nitrogens with one attached hydrogen (secondary N) is 2. The van der Waals surface area contributed by atoms with Crippen LogP contribution in [0.2, 0.25) is 0 Å². The van der Waals surface area contributed by atoms with Gasteiger partial charge in [-0.25, -0.2) is 0 Å². The molecular weight excluding hydrogens is 362 g/mol. The number of nitrogens with zero attached hydrogens (tertiary/aromatic N) is 1. The molecule has 3 amide bonds. The number of thiophene rings is 1. The molecule has 1 aliphatic rings. The maximum atomic E-state index is 12.5. The number of likely N-dealkylation sites (tertiary alicyclic amines) is 1. The fraction of sp³-hybridized carbons (Fsp3) is 0.350. The van der Waals surface area contributed by atoms with Crippen LogP contribution >= 0.6 is 11.3 Å². The first kappa shape index (κ1) is 19.1. The zero-order chi connectivity index (χ0) is 19.2. The van der Waals surface area contributed by atoms with Crippen LogP contribution in [0, 0.1) is 12.8 Å². The molecule has 0 aliphatic carbocycles. The summed E-state index contributed by atoms with van der Waals surface area (Å²) in [7, 11) is 0. The lowest BCUT2D eigenvalue weighted by Gasteiger charge is -2.32. The Morgan fingerprint density at radius 2 is 1.89 bits per heavy atom. The van der Waals surface area contributed by atoms with Gasteiger partial charge in [0.1, 0.15) is 0 Å². The van der Waals surface area contributed by atoms with Crippen LogP contribution < -0.4 is 10.9 Å². The largest absolute Gasteiger partial charge is 0.342 e. The molecular formula is C20H23N3O3S. The molecule has 6 nitrogen and oxygen atoms in total. The minimum absolute atomic E-state index is 0.0248. The monoisotopic (exact) mass is 385 g/mol. The van der Waals surface area contributed by atoms with Crippen molar-refractivity contribution >= 4 is 29.1 Å². The lowest BCUT2D eigenvalue weighted by atomic mass is 9.97. The first-order chi connectivity index (χ1) is 13.0. The summed E-state index contributed by atoms with van der Waals surface area (Å²) in [5, 5.41) is 0. The molecule has 27 heavy (non-hydrogen) atoms. The average molecular weight is 385 g/mol. The highest BCUT2D eigenvalue weighted by molar-refractivity contribution is 7.13. The van der Waals surface area contributed by atoms with Crippen LogP contribution in [0.4, 0.5) is 0 Å². The topological polar surface area (TPSA) is 78.5 Å². The normalized spacial score (nSPS) is 16.6. The number of benzene rings is 1. The molecule has 1 aliphatic heterocycles. The second-order valence-corrected chi connectivity index (χ2v) is 7.98. The molecule has 1 aromatic heterocycles. The Kier molecular flexibility index (Phi) is 6.24. The molecule has 142 valence electrons. The molecule has 3 rings (SSSR count). The number of hydrogen-bond donors (Lipinski definition) is 2. The quantitative estimate of drug-likeness (QED) is 0.793. The van der Waals surface area contributed by atoms with Crippen molar-refractivity contribution in [3.05, 3.63) is 57.8 Å². The number of rotatable bonds is 4. The molecule has 2 N–H and O–H groups in total. The highest BCUT2D eigenvalue weighted by atomic mass is 32.1. The smallest absolute Gasteiger partial charge is 0.279 e. The lowest BCUT2D eigenvalue weighted by molar-refractivity contribution is -0.135. The van der Waals surface area contributed by atoms with Crippen LogP contribution in [0.3, 0.4) is 0 Å². The number of piperidine rings is 1. The lowest BCUT2D eigenvalue weighted by Crippen LogP contribution is -2.50. The summed E-state index contributed by atoms with van der Waals surface area (Å²) in [5.74, 6) is -0.872. The Hall–Kier alpha value is -2.67. The summed E-state index contributed by atoms with van der Waals surface area (Å²) >= 11 is 1.37. The third-order valence-electron chi connectivity index (χ3n) is 4.61. The van der Waals surface area contributed by atoms with E-state index in [0.717, 1.165) is 16.9 Å². The Balaban J connectivity index is 1.50. The van der Waals surface area contributed by atoms with E-state index in [9.17, 15) is 14.4 Å². The van der Waals surface area contributed by atoms with Gasteiger partial charge in [0.15, 0.2) is 0 Å². The van der Waals surface area contributed by atoms with Gasteiger partial charge in [0.2, 0.25) is 11.8 Å². The fourth-order valence-corrected chi connectivity index (χ4v) is 3.90. The first-order valence-electron chi connectivity index (χ1n) is 9.01. The number of amides is 3. The van der Waals surface area contributed by atoms with Crippen LogP contribution in [0.25, 0.3) is 0 Å². The van der Waals surface area contributed by atoms with Gasteiger partial charge < -0.3 is 4.90 Å². The highest BCUT2D eigenvalue weighted by Gasteiger charge is 2.28. The molecule has 1 aromatic carbocycles. The van der Waals surface area contributed by atoms with Crippen molar-refractivity contribution < 1.29 is 14.4 Å². The second-order valence-electron chi connectivity index (χ2n) is 6.69. The molecule has 1 atom stereocenters. The summed E-state index contributed by atoms with van der Waals surface area (Å²) in [5.41, 5.74) is 5.93. The van der Waals surface area contributed by atoms with E-state index in [1.165, 1.54) is 11.3 Å². The van der Waals surface area contributed by atoms with E-state index in [-0.39, 0.29) is 23.6 Å². The summed E-state index contributed by atoms with van der Waals surface area (Å²) in [6.07, 6.45) is 1.81. The van der Waals surface area contributed by atoms with Gasteiger partial charge in [-0.15, -0.1) is 11.3 Å². The van der Waals surface area contributed by atoms with Gasteiger partial charge in [-0.1, -0.05) is 30.3 Å². The highest BCUT2D eigenvalue weighted by Crippen LogP contribution is 2.18. The number of hydrazine groups is 1. The molecule has 0 bridgehead atoms.